The maximum atomic E-state index is 13.3. The van der Waals surface area contributed by atoms with Crippen molar-refractivity contribution in [1.82, 2.24) is 15.5 Å². The quantitative estimate of drug-likeness (QED) is 0.288. The number of aliphatic carboxylic acids is 1. The monoisotopic (exact) mass is 585 g/mol. The average molecular weight is 586 g/mol. The van der Waals surface area contributed by atoms with Crippen molar-refractivity contribution >= 4 is 35.5 Å². The maximum absolute atomic E-state index is 13.3. The van der Waals surface area contributed by atoms with E-state index in [2.05, 4.69) is 10.6 Å². The van der Waals surface area contributed by atoms with Crippen LogP contribution in [-0.4, -0.2) is 59.6 Å². The number of carbonyl (C=O) groups is 4. The topological polar surface area (TPSA) is 125 Å². The molecule has 0 saturated heterocycles. The fraction of sp³-hybridized carbons (Fsp3) is 0.484. The zero-order valence-corrected chi connectivity index (χ0v) is 24.3. The number of nitrogens with one attached hydrogen (secondary N) is 2. The Balaban J connectivity index is 1.55. The SMILES string of the molecule is CN(CCc1ccccc1)C(=O)CC[C@H](NC(=O)[C@H](CC1CCCCC1)NC(=O)OCc1cccc(Cl)c1)C(=O)O. The molecule has 2 aromatic carbocycles. The Morgan fingerprint density at radius 3 is 2.37 bits per heavy atom. The Bertz CT molecular complexity index is 1160. The number of carbonyl (C=O) groups excluding carboxylic acids is 3. The van der Waals surface area contributed by atoms with Gasteiger partial charge in [-0.05, 0) is 48.4 Å². The molecule has 1 aliphatic rings. The van der Waals surface area contributed by atoms with Crippen molar-refractivity contribution in [3.63, 3.8) is 0 Å². The summed E-state index contributed by atoms with van der Waals surface area (Å²) in [6, 6.07) is 14.4. The summed E-state index contributed by atoms with van der Waals surface area (Å²) in [5.74, 6) is -1.82. The molecule has 0 aromatic heterocycles. The van der Waals surface area contributed by atoms with Crippen LogP contribution in [0, 0.1) is 5.92 Å². The zero-order valence-electron chi connectivity index (χ0n) is 23.5. The third-order valence-electron chi connectivity index (χ3n) is 7.43. The van der Waals surface area contributed by atoms with Crippen LogP contribution < -0.4 is 10.6 Å². The molecule has 0 radical (unpaired) electrons. The van der Waals surface area contributed by atoms with Crippen LogP contribution in [0.1, 0.15) is 62.5 Å². The fourth-order valence-corrected chi connectivity index (χ4v) is 5.21. The second-order valence-corrected chi connectivity index (χ2v) is 11.1. The smallest absolute Gasteiger partial charge is 0.408 e. The standard InChI is InChI=1S/C31H40ClN3O6/c1-35(18-17-22-9-4-2-5-10-22)28(36)16-15-26(30(38)39)33-29(37)27(20-23-11-6-3-7-12-23)34-31(40)41-21-24-13-8-14-25(32)19-24/h2,4-5,8-10,13-14,19,23,26-27H,3,6-7,11-12,15-18,20-21H2,1H3,(H,33,37)(H,34,40)(H,38,39)/t26-,27-/m0/s1. The Morgan fingerprint density at radius 2 is 1.68 bits per heavy atom. The van der Waals surface area contributed by atoms with Crippen LogP contribution in [0.15, 0.2) is 54.6 Å². The molecule has 0 spiro atoms. The number of ether oxygens (including phenoxy) is 1. The minimum Gasteiger partial charge on any atom is -0.480 e. The van der Waals surface area contributed by atoms with Crippen molar-refractivity contribution in [2.24, 2.45) is 5.92 Å². The van der Waals surface area contributed by atoms with Crippen LogP contribution in [0.4, 0.5) is 4.79 Å². The highest BCUT2D eigenvalue weighted by Crippen LogP contribution is 2.27. The molecule has 0 aliphatic heterocycles. The maximum Gasteiger partial charge on any atom is 0.408 e. The highest BCUT2D eigenvalue weighted by Gasteiger charge is 2.30. The Kier molecular flexibility index (Phi) is 12.9. The van der Waals surface area contributed by atoms with Gasteiger partial charge in [0.15, 0.2) is 0 Å². The third-order valence-corrected chi connectivity index (χ3v) is 7.66. The van der Waals surface area contributed by atoms with E-state index in [1.807, 2.05) is 30.3 Å². The van der Waals surface area contributed by atoms with Gasteiger partial charge in [0.2, 0.25) is 11.8 Å². The lowest BCUT2D eigenvalue weighted by molar-refractivity contribution is -0.142. The van der Waals surface area contributed by atoms with Crippen molar-refractivity contribution < 1.29 is 29.0 Å². The molecule has 1 saturated carbocycles. The summed E-state index contributed by atoms with van der Waals surface area (Å²) in [6.07, 6.45) is 5.31. The Labute approximate surface area is 246 Å². The minimum absolute atomic E-state index is 0.0260. The molecule has 0 bridgehead atoms. The van der Waals surface area contributed by atoms with Gasteiger partial charge in [0.1, 0.15) is 18.7 Å². The van der Waals surface area contributed by atoms with Crippen molar-refractivity contribution in [2.75, 3.05) is 13.6 Å². The van der Waals surface area contributed by atoms with E-state index in [4.69, 9.17) is 16.3 Å². The summed E-state index contributed by atoms with van der Waals surface area (Å²) in [6.45, 7) is 0.472. The lowest BCUT2D eigenvalue weighted by atomic mass is 9.84. The number of carboxylic acids is 1. The van der Waals surface area contributed by atoms with E-state index in [0.717, 1.165) is 37.7 Å². The number of likely N-dealkylation sites (N-methyl/N-ethyl adjacent to an activating group) is 1. The first-order chi connectivity index (χ1) is 19.7. The summed E-state index contributed by atoms with van der Waals surface area (Å²) in [5.41, 5.74) is 1.80. The molecule has 10 heteroatoms. The summed E-state index contributed by atoms with van der Waals surface area (Å²) >= 11 is 5.99. The molecule has 3 rings (SSSR count). The van der Waals surface area contributed by atoms with E-state index in [-0.39, 0.29) is 31.3 Å². The van der Waals surface area contributed by atoms with Crippen LogP contribution in [0.5, 0.6) is 0 Å². The average Bonchev–Trinajstić information content (AvgIpc) is 2.97. The van der Waals surface area contributed by atoms with Gasteiger partial charge in [-0.2, -0.15) is 0 Å². The number of benzene rings is 2. The van der Waals surface area contributed by atoms with Gasteiger partial charge in [0.25, 0.3) is 0 Å². The van der Waals surface area contributed by atoms with E-state index in [1.165, 1.54) is 0 Å². The van der Waals surface area contributed by atoms with E-state index in [1.54, 1.807) is 36.2 Å². The van der Waals surface area contributed by atoms with Gasteiger partial charge in [-0.3, -0.25) is 9.59 Å². The van der Waals surface area contributed by atoms with Crippen molar-refractivity contribution in [3.8, 4) is 0 Å². The highest BCUT2D eigenvalue weighted by molar-refractivity contribution is 6.30. The predicted octanol–water partition coefficient (Wildman–Crippen LogP) is 4.96. The summed E-state index contributed by atoms with van der Waals surface area (Å²) in [5, 5.41) is 15.5. The number of halogens is 1. The van der Waals surface area contributed by atoms with Gasteiger partial charge in [0.05, 0.1) is 0 Å². The molecule has 41 heavy (non-hydrogen) atoms. The number of hydrogen-bond donors (Lipinski definition) is 3. The van der Waals surface area contributed by atoms with Crippen molar-refractivity contribution in [2.45, 2.75) is 76.5 Å². The second kappa shape index (κ2) is 16.6. The first-order valence-electron chi connectivity index (χ1n) is 14.2. The summed E-state index contributed by atoms with van der Waals surface area (Å²) < 4.78 is 5.31. The van der Waals surface area contributed by atoms with Gasteiger partial charge in [-0.25, -0.2) is 9.59 Å². The molecule has 3 N–H and O–H groups in total. The molecular formula is C31H40ClN3O6. The molecular weight excluding hydrogens is 546 g/mol. The zero-order chi connectivity index (χ0) is 29.6. The van der Waals surface area contributed by atoms with Crippen LogP contribution in [-0.2, 0) is 32.1 Å². The molecule has 1 fully saturated rings. The van der Waals surface area contributed by atoms with Crippen LogP contribution >= 0.6 is 11.6 Å². The van der Waals surface area contributed by atoms with E-state index < -0.39 is 30.1 Å². The molecule has 9 nitrogen and oxygen atoms in total. The van der Waals surface area contributed by atoms with Gasteiger partial charge < -0.3 is 25.4 Å². The van der Waals surface area contributed by atoms with Gasteiger partial charge in [-0.15, -0.1) is 0 Å². The summed E-state index contributed by atoms with van der Waals surface area (Å²) in [4.78, 5) is 52.1. The number of rotatable bonds is 14. The molecule has 0 heterocycles. The molecule has 2 atom stereocenters. The largest absolute Gasteiger partial charge is 0.480 e. The lowest BCUT2D eigenvalue weighted by Crippen LogP contribution is -2.52. The van der Waals surface area contributed by atoms with Crippen molar-refractivity contribution in [1.29, 1.82) is 0 Å². The minimum atomic E-state index is -1.27. The van der Waals surface area contributed by atoms with Gasteiger partial charge >= 0.3 is 12.1 Å². The first kappa shape index (κ1) is 31.9. The summed E-state index contributed by atoms with van der Waals surface area (Å²) in [7, 11) is 1.68. The number of nitrogens with zero attached hydrogens (tertiary/aromatic N) is 1. The lowest BCUT2D eigenvalue weighted by Gasteiger charge is -2.27. The molecule has 3 amide bonds. The number of alkyl carbamates (subject to hydrolysis) is 1. The first-order valence-corrected chi connectivity index (χ1v) is 14.6. The Hall–Kier alpha value is -3.59. The molecule has 2 aromatic rings. The number of amides is 3. The van der Waals surface area contributed by atoms with Crippen LogP contribution in [0.3, 0.4) is 0 Å². The number of hydrogen-bond acceptors (Lipinski definition) is 5. The highest BCUT2D eigenvalue weighted by atomic mass is 35.5. The molecule has 222 valence electrons. The normalized spacial score (nSPS) is 14.9. The Morgan fingerprint density at radius 1 is 0.976 bits per heavy atom. The van der Waals surface area contributed by atoms with E-state index >= 15 is 0 Å². The van der Waals surface area contributed by atoms with Crippen LogP contribution in [0.25, 0.3) is 0 Å². The third kappa shape index (κ3) is 11.4. The van der Waals surface area contributed by atoms with Gasteiger partial charge in [-0.1, -0.05) is 86.2 Å². The van der Waals surface area contributed by atoms with Crippen LogP contribution in [0.2, 0.25) is 5.02 Å². The second-order valence-electron chi connectivity index (χ2n) is 10.6. The number of carboxylic acid groups (broad SMARTS) is 1. The van der Waals surface area contributed by atoms with Gasteiger partial charge in [0, 0.05) is 25.0 Å². The predicted molar refractivity (Wildman–Crippen MR) is 156 cm³/mol. The molecule has 1 aliphatic carbocycles. The fourth-order valence-electron chi connectivity index (χ4n) is 5.00. The van der Waals surface area contributed by atoms with E-state index in [9.17, 15) is 24.3 Å². The molecule has 0 unspecified atom stereocenters. The van der Waals surface area contributed by atoms with Crippen molar-refractivity contribution in [3.05, 3.63) is 70.7 Å². The van der Waals surface area contributed by atoms with E-state index in [0.29, 0.717) is 30.0 Å².